The number of hydrogen-bond donors (Lipinski definition) is 2. The van der Waals surface area contributed by atoms with Crippen molar-refractivity contribution in [3.63, 3.8) is 0 Å². The van der Waals surface area contributed by atoms with Crippen LogP contribution in [0.1, 0.15) is 35.2 Å². The molecule has 2 N–H and O–H groups in total. The van der Waals surface area contributed by atoms with Crippen molar-refractivity contribution in [3.8, 4) is 11.1 Å². The highest BCUT2D eigenvalue weighted by Gasteiger charge is 2.24. The Morgan fingerprint density at radius 1 is 1.13 bits per heavy atom. The molecule has 0 spiro atoms. The predicted octanol–water partition coefficient (Wildman–Crippen LogP) is 4.10. The first kappa shape index (κ1) is 15.3. The molecule has 1 saturated carbocycles. The van der Waals surface area contributed by atoms with E-state index in [2.05, 4.69) is 5.32 Å². The maximum absolute atomic E-state index is 11.9. The normalized spacial score (nSPS) is 13.6. The molecule has 0 radical (unpaired) electrons. The minimum absolute atomic E-state index is 0.0588. The second-order valence-electron chi connectivity index (χ2n) is 6.11. The number of anilines is 1. The number of carboxylic acids is 1. The first-order valence-electron chi connectivity index (χ1n) is 7.77. The summed E-state index contributed by atoms with van der Waals surface area (Å²) < 4.78 is 0. The third-order valence-electron chi connectivity index (χ3n) is 4.14. The number of aryl methyl sites for hydroxylation is 1. The van der Waals surface area contributed by atoms with Gasteiger partial charge in [0, 0.05) is 12.1 Å². The molecule has 118 valence electrons. The Hall–Kier alpha value is -2.62. The maximum Gasteiger partial charge on any atom is 0.335 e. The molecular weight excluding hydrogens is 290 g/mol. The topological polar surface area (TPSA) is 66.4 Å². The van der Waals surface area contributed by atoms with Crippen LogP contribution in [-0.2, 0) is 4.79 Å². The van der Waals surface area contributed by atoms with Crippen LogP contribution in [-0.4, -0.2) is 17.0 Å². The van der Waals surface area contributed by atoms with Crippen molar-refractivity contribution < 1.29 is 14.7 Å². The number of rotatable bonds is 5. The summed E-state index contributed by atoms with van der Waals surface area (Å²) >= 11 is 0. The van der Waals surface area contributed by atoms with Crippen LogP contribution in [0.25, 0.3) is 11.1 Å². The smallest absolute Gasteiger partial charge is 0.335 e. The molecule has 2 aromatic rings. The van der Waals surface area contributed by atoms with E-state index in [9.17, 15) is 9.59 Å². The lowest BCUT2D eigenvalue weighted by Crippen LogP contribution is -2.12. The molecule has 0 aromatic heterocycles. The Morgan fingerprint density at radius 3 is 2.43 bits per heavy atom. The van der Waals surface area contributed by atoms with E-state index in [1.165, 1.54) is 0 Å². The molecule has 0 saturated heterocycles. The third kappa shape index (κ3) is 3.77. The van der Waals surface area contributed by atoms with Gasteiger partial charge in [0.15, 0.2) is 0 Å². The molecule has 23 heavy (non-hydrogen) atoms. The fourth-order valence-corrected chi connectivity index (χ4v) is 2.60. The lowest BCUT2D eigenvalue weighted by atomic mass is 9.99. The number of carboxylic acid groups (broad SMARTS) is 1. The SMILES string of the molecule is Cc1ccc(NC(=O)CC2CC2)cc1-c1ccc(C(=O)O)cc1. The molecule has 4 nitrogen and oxygen atoms in total. The zero-order valence-electron chi connectivity index (χ0n) is 13.0. The average molecular weight is 309 g/mol. The standard InChI is InChI=1S/C19H19NO3/c1-12-2-9-16(20-18(21)10-13-3-4-13)11-17(12)14-5-7-15(8-6-14)19(22)23/h2,5-9,11,13H,3-4,10H2,1H3,(H,20,21)(H,22,23). The van der Waals surface area contributed by atoms with Gasteiger partial charge in [-0.25, -0.2) is 4.79 Å². The number of nitrogens with one attached hydrogen (secondary N) is 1. The van der Waals surface area contributed by atoms with Crippen LogP contribution < -0.4 is 5.32 Å². The van der Waals surface area contributed by atoms with E-state index < -0.39 is 5.97 Å². The minimum Gasteiger partial charge on any atom is -0.478 e. The van der Waals surface area contributed by atoms with Crippen LogP contribution in [0.15, 0.2) is 42.5 Å². The van der Waals surface area contributed by atoms with E-state index >= 15 is 0 Å². The van der Waals surface area contributed by atoms with Crippen LogP contribution in [0, 0.1) is 12.8 Å². The monoisotopic (exact) mass is 309 g/mol. The third-order valence-corrected chi connectivity index (χ3v) is 4.14. The highest BCUT2D eigenvalue weighted by atomic mass is 16.4. The summed E-state index contributed by atoms with van der Waals surface area (Å²) in [6.45, 7) is 2.00. The van der Waals surface area contributed by atoms with Gasteiger partial charge in [-0.2, -0.15) is 0 Å². The van der Waals surface area contributed by atoms with Crippen molar-refractivity contribution in [2.45, 2.75) is 26.2 Å². The largest absolute Gasteiger partial charge is 0.478 e. The first-order valence-corrected chi connectivity index (χ1v) is 7.77. The van der Waals surface area contributed by atoms with Crippen molar-refractivity contribution in [1.29, 1.82) is 0 Å². The Balaban J connectivity index is 1.81. The van der Waals surface area contributed by atoms with E-state index in [4.69, 9.17) is 5.11 Å². The quantitative estimate of drug-likeness (QED) is 0.874. The lowest BCUT2D eigenvalue weighted by molar-refractivity contribution is -0.116. The molecule has 2 aromatic carbocycles. The highest BCUT2D eigenvalue weighted by Crippen LogP contribution is 2.33. The highest BCUT2D eigenvalue weighted by molar-refractivity contribution is 5.92. The van der Waals surface area contributed by atoms with Gasteiger partial charge in [-0.15, -0.1) is 0 Å². The van der Waals surface area contributed by atoms with Gasteiger partial charge in [0.25, 0.3) is 0 Å². The molecule has 1 amide bonds. The summed E-state index contributed by atoms with van der Waals surface area (Å²) in [4.78, 5) is 22.9. The molecule has 1 aliphatic carbocycles. The van der Waals surface area contributed by atoms with Gasteiger partial charge in [0.05, 0.1) is 5.56 Å². The molecule has 1 fully saturated rings. The van der Waals surface area contributed by atoms with Crippen LogP contribution in [0.5, 0.6) is 0 Å². The average Bonchev–Trinajstić information content (AvgIpc) is 3.33. The Kier molecular flexibility index (Phi) is 4.15. The second-order valence-corrected chi connectivity index (χ2v) is 6.11. The van der Waals surface area contributed by atoms with Crippen LogP contribution in [0.4, 0.5) is 5.69 Å². The fraction of sp³-hybridized carbons (Fsp3) is 0.263. The number of aromatic carboxylic acids is 1. The van der Waals surface area contributed by atoms with E-state index in [0.29, 0.717) is 12.3 Å². The number of hydrogen-bond acceptors (Lipinski definition) is 2. The fourth-order valence-electron chi connectivity index (χ4n) is 2.60. The molecule has 0 aliphatic heterocycles. The van der Waals surface area contributed by atoms with Crippen molar-refractivity contribution in [2.75, 3.05) is 5.32 Å². The Bertz CT molecular complexity index is 746. The summed E-state index contributed by atoms with van der Waals surface area (Å²) in [7, 11) is 0. The van der Waals surface area contributed by atoms with Gasteiger partial charge in [0.1, 0.15) is 0 Å². The van der Waals surface area contributed by atoms with Crippen LogP contribution in [0.2, 0.25) is 0 Å². The number of carbonyl (C=O) groups is 2. The van der Waals surface area contributed by atoms with Gasteiger partial charge >= 0.3 is 5.97 Å². The summed E-state index contributed by atoms with van der Waals surface area (Å²) in [5, 5.41) is 11.9. The van der Waals surface area contributed by atoms with Crippen molar-refractivity contribution in [1.82, 2.24) is 0 Å². The molecule has 0 bridgehead atoms. The summed E-state index contributed by atoms with van der Waals surface area (Å²) in [5.74, 6) is -0.318. The van der Waals surface area contributed by atoms with Gasteiger partial charge in [-0.05, 0) is 66.6 Å². The summed E-state index contributed by atoms with van der Waals surface area (Å²) in [5.41, 5.74) is 4.05. The van der Waals surface area contributed by atoms with Crippen molar-refractivity contribution in [2.24, 2.45) is 5.92 Å². The van der Waals surface area contributed by atoms with E-state index in [0.717, 1.165) is 35.2 Å². The predicted molar refractivity (Wildman–Crippen MR) is 89.5 cm³/mol. The van der Waals surface area contributed by atoms with Gasteiger partial charge in [-0.3, -0.25) is 4.79 Å². The molecule has 0 unspecified atom stereocenters. The minimum atomic E-state index is -0.936. The number of carbonyl (C=O) groups excluding carboxylic acids is 1. The van der Waals surface area contributed by atoms with E-state index in [-0.39, 0.29) is 11.5 Å². The number of amides is 1. The molecular formula is C19H19NO3. The van der Waals surface area contributed by atoms with Gasteiger partial charge in [-0.1, -0.05) is 18.2 Å². The number of benzene rings is 2. The Morgan fingerprint density at radius 2 is 1.83 bits per heavy atom. The van der Waals surface area contributed by atoms with Crippen LogP contribution in [0.3, 0.4) is 0 Å². The molecule has 0 atom stereocenters. The van der Waals surface area contributed by atoms with Gasteiger partial charge in [0.2, 0.25) is 5.91 Å². The summed E-state index contributed by atoms with van der Waals surface area (Å²) in [6.07, 6.45) is 2.90. The second kappa shape index (κ2) is 6.24. The summed E-state index contributed by atoms with van der Waals surface area (Å²) in [6, 6.07) is 12.6. The zero-order chi connectivity index (χ0) is 16.4. The Labute approximate surface area is 135 Å². The van der Waals surface area contributed by atoms with E-state index in [1.54, 1.807) is 24.3 Å². The van der Waals surface area contributed by atoms with E-state index in [1.807, 2.05) is 25.1 Å². The molecule has 3 rings (SSSR count). The van der Waals surface area contributed by atoms with Crippen LogP contribution >= 0.6 is 0 Å². The molecule has 0 heterocycles. The van der Waals surface area contributed by atoms with Crippen molar-refractivity contribution in [3.05, 3.63) is 53.6 Å². The maximum atomic E-state index is 11.9. The zero-order valence-corrected chi connectivity index (χ0v) is 13.0. The van der Waals surface area contributed by atoms with Crippen molar-refractivity contribution >= 4 is 17.6 Å². The first-order chi connectivity index (χ1) is 11.0. The molecule has 1 aliphatic rings. The van der Waals surface area contributed by atoms with Gasteiger partial charge < -0.3 is 10.4 Å². The lowest BCUT2D eigenvalue weighted by Gasteiger charge is -2.11. The molecule has 4 heteroatoms.